The summed E-state index contributed by atoms with van der Waals surface area (Å²) >= 11 is 0. The van der Waals surface area contributed by atoms with Crippen molar-refractivity contribution in [2.24, 2.45) is 0 Å². The van der Waals surface area contributed by atoms with Crippen LogP contribution in [-0.4, -0.2) is 20.7 Å². The lowest BCUT2D eigenvalue weighted by Crippen LogP contribution is -2.33. The van der Waals surface area contributed by atoms with E-state index in [-0.39, 0.29) is 5.56 Å². The summed E-state index contributed by atoms with van der Waals surface area (Å²) in [5, 5.41) is 4.21. The molecule has 5 heteroatoms. The first kappa shape index (κ1) is 17.7. The first-order valence-electron chi connectivity index (χ1n) is 10.3. The van der Waals surface area contributed by atoms with E-state index in [0.29, 0.717) is 5.22 Å². The normalized spacial score (nSPS) is 16.6. The second-order valence-electron chi connectivity index (χ2n) is 7.70. The van der Waals surface area contributed by atoms with Crippen molar-refractivity contribution in [1.82, 2.24) is 19.5 Å². The van der Waals surface area contributed by atoms with Crippen LogP contribution in [0.25, 0.3) is 28.3 Å². The molecular formula is C24H24N4O. The fourth-order valence-electron chi connectivity index (χ4n) is 4.08. The highest BCUT2D eigenvalue weighted by Gasteiger charge is 2.19. The van der Waals surface area contributed by atoms with E-state index in [0.717, 1.165) is 54.1 Å². The number of aromatic nitrogens is 3. The van der Waals surface area contributed by atoms with Crippen molar-refractivity contribution >= 4 is 11.3 Å². The van der Waals surface area contributed by atoms with Gasteiger partial charge in [-0.3, -0.25) is 4.79 Å². The second-order valence-corrected chi connectivity index (χ2v) is 7.70. The highest BCUT2D eigenvalue weighted by molar-refractivity contribution is 5.65. The third-order valence-corrected chi connectivity index (χ3v) is 5.63. The molecule has 5 rings (SSSR count). The zero-order valence-electron chi connectivity index (χ0n) is 16.6. The topological polar surface area (TPSA) is 51.3 Å². The van der Waals surface area contributed by atoms with Gasteiger partial charge in [0.15, 0.2) is 5.65 Å². The Balaban J connectivity index is 1.82. The van der Waals surface area contributed by atoms with E-state index in [1.807, 2.05) is 41.0 Å². The van der Waals surface area contributed by atoms with Crippen LogP contribution in [0.15, 0.2) is 65.6 Å². The highest BCUT2D eigenvalue weighted by Crippen LogP contribution is 2.20. The van der Waals surface area contributed by atoms with Gasteiger partial charge in [0, 0.05) is 17.8 Å². The van der Waals surface area contributed by atoms with Crippen molar-refractivity contribution in [3.63, 3.8) is 0 Å². The molecule has 0 spiro atoms. The van der Waals surface area contributed by atoms with Gasteiger partial charge in [0.1, 0.15) is 5.22 Å². The van der Waals surface area contributed by atoms with Gasteiger partial charge in [-0.2, -0.15) is 0 Å². The van der Waals surface area contributed by atoms with Gasteiger partial charge in [0.2, 0.25) is 0 Å². The van der Waals surface area contributed by atoms with E-state index < -0.39 is 0 Å². The van der Waals surface area contributed by atoms with E-state index in [4.69, 9.17) is 4.98 Å². The van der Waals surface area contributed by atoms with Gasteiger partial charge >= 0.3 is 0 Å². The monoisotopic (exact) mass is 384 g/mol. The van der Waals surface area contributed by atoms with Crippen LogP contribution in [0.5, 0.6) is 0 Å². The summed E-state index contributed by atoms with van der Waals surface area (Å²) in [4.78, 5) is 18.4. The molecule has 1 saturated heterocycles. The number of rotatable bonds is 2. The zero-order valence-corrected chi connectivity index (χ0v) is 16.6. The van der Waals surface area contributed by atoms with Crippen molar-refractivity contribution in [3.8, 4) is 16.9 Å². The Morgan fingerprint density at radius 2 is 1.76 bits per heavy atom. The number of imidazole rings is 1. The predicted molar refractivity (Wildman–Crippen MR) is 116 cm³/mol. The lowest BCUT2D eigenvalue weighted by Gasteiger charge is -2.04. The van der Waals surface area contributed by atoms with Crippen LogP contribution in [0, 0.1) is 6.92 Å². The van der Waals surface area contributed by atoms with Crippen LogP contribution < -0.4 is 16.1 Å². The van der Waals surface area contributed by atoms with E-state index in [2.05, 4.69) is 36.5 Å². The van der Waals surface area contributed by atoms with Crippen molar-refractivity contribution in [1.29, 1.82) is 0 Å². The number of fused-ring (bicyclic) bond motifs is 1. The fraction of sp³-hybridized carbons (Fsp3) is 0.250. The maximum atomic E-state index is 13.5. The molecule has 0 aliphatic carbocycles. The minimum atomic E-state index is -0.0152. The van der Waals surface area contributed by atoms with Crippen LogP contribution >= 0.6 is 0 Å². The molecule has 1 aliphatic rings. The Labute approximate surface area is 169 Å². The van der Waals surface area contributed by atoms with Crippen LogP contribution in [-0.2, 0) is 0 Å². The summed E-state index contributed by atoms with van der Waals surface area (Å²) in [6, 6.07) is 18.1. The molecule has 0 saturated carbocycles. The molecule has 1 N–H and O–H groups in total. The van der Waals surface area contributed by atoms with Crippen LogP contribution in [0.1, 0.15) is 31.2 Å². The molecule has 0 radical (unpaired) electrons. The van der Waals surface area contributed by atoms with Gasteiger partial charge in [-0.1, -0.05) is 54.4 Å². The zero-order chi connectivity index (χ0) is 19.8. The molecule has 0 amide bonds. The lowest BCUT2D eigenvalue weighted by molar-refractivity contribution is 0.721. The maximum absolute atomic E-state index is 13.5. The summed E-state index contributed by atoms with van der Waals surface area (Å²) in [7, 11) is 0. The highest BCUT2D eigenvalue weighted by atomic mass is 16.1. The van der Waals surface area contributed by atoms with E-state index in [1.54, 1.807) is 4.68 Å². The average Bonchev–Trinajstić information content (AvgIpc) is 3.12. The van der Waals surface area contributed by atoms with E-state index >= 15 is 0 Å². The first-order valence-corrected chi connectivity index (χ1v) is 10.3. The number of benzene rings is 2. The number of nitrogens with zero attached hydrogens (tertiary/aromatic N) is 3. The van der Waals surface area contributed by atoms with Gasteiger partial charge in [0.25, 0.3) is 5.56 Å². The molecule has 2 aromatic heterocycles. The van der Waals surface area contributed by atoms with Gasteiger partial charge in [-0.05, 0) is 38.3 Å². The Kier molecular flexibility index (Phi) is 4.43. The summed E-state index contributed by atoms with van der Waals surface area (Å²) in [6.45, 7) is 2.98. The number of hydrogen-bond acceptors (Lipinski definition) is 3. The maximum Gasteiger partial charge on any atom is 0.283 e. The molecule has 1 fully saturated rings. The Morgan fingerprint density at radius 1 is 0.966 bits per heavy atom. The molecule has 1 aliphatic heterocycles. The second kappa shape index (κ2) is 7.24. The number of nitrogens with one attached hydrogen (secondary N) is 1. The molecule has 29 heavy (non-hydrogen) atoms. The molecule has 0 unspecified atom stereocenters. The Morgan fingerprint density at radius 3 is 2.55 bits per heavy atom. The molecule has 5 nitrogen and oxygen atoms in total. The Hall–Kier alpha value is -3.34. The molecule has 0 atom stereocenters. The van der Waals surface area contributed by atoms with Gasteiger partial charge < -0.3 is 5.32 Å². The fourth-order valence-corrected chi connectivity index (χ4v) is 4.08. The van der Waals surface area contributed by atoms with Crippen molar-refractivity contribution in [2.45, 2.75) is 32.6 Å². The molecule has 2 aromatic carbocycles. The summed E-state index contributed by atoms with van der Waals surface area (Å²) < 4.78 is 3.64. The quantitative estimate of drug-likeness (QED) is 0.576. The standard InChI is InChI=1S/C24H24N4O/c1-17-11-13-18(14-12-17)21-16-27-23(26-21)22(20-10-6-3-7-15-25-20)24(29)28(27)19-8-4-2-5-9-19/h2,4-5,8-9,11-14,16,25H,3,6-7,10,15H2,1H3. The first-order chi connectivity index (χ1) is 14.2. The summed E-state index contributed by atoms with van der Waals surface area (Å²) in [5.41, 5.74) is 5.71. The van der Waals surface area contributed by atoms with E-state index in [1.165, 1.54) is 12.0 Å². The molecular weight excluding hydrogens is 360 g/mol. The third kappa shape index (κ3) is 3.12. The molecule has 0 bridgehead atoms. The van der Waals surface area contributed by atoms with E-state index in [9.17, 15) is 4.79 Å². The summed E-state index contributed by atoms with van der Waals surface area (Å²) in [6.07, 6.45) is 6.27. The predicted octanol–water partition coefficient (Wildman–Crippen LogP) is 3.45. The van der Waals surface area contributed by atoms with Crippen molar-refractivity contribution in [3.05, 3.63) is 81.9 Å². The largest absolute Gasteiger partial charge is 0.388 e. The number of aryl methyl sites for hydroxylation is 1. The van der Waals surface area contributed by atoms with Crippen LogP contribution in [0.2, 0.25) is 0 Å². The van der Waals surface area contributed by atoms with Crippen LogP contribution in [0.4, 0.5) is 0 Å². The number of para-hydroxylation sites is 1. The molecule has 4 aromatic rings. The average molecular weight is 384 g/mol. The lowest BCUT2D eigenvalue weighted by atomic mass is 10.1. The van der Waals surface area contributed by atoms with Gasteiger partial charge in [-0.25, -0.2) is 14.2 Å². The minimum Gasteiger partial charge on any atom is -0.388 e. The van der Waals surface area contributed by atoms with Gasteiger partial charge in [-0.15, -0.1) is 0 Å². The van der Waals surface area contributed by atoms with Crippen molar-refractivity contribution in [2.75, 3.05) is 6.54 Å². The Bertz CT molecular complexity index is 1260. The minimum absolute atomic E-state index is 0.0152. The molecule has 146 valence electrons. The third-order valence-electron chi connectivity index (χ3n) is 5.63. The van der Waals surface area contributed by atoms with Crippen molar-refractivity contribution < 1.29 is 0 Å². The van der Waals surface area contributed by atoms with Crippen LogP contribution in [0.3, 0.4) is 0 Å². The number of hydrogen-bond donors (Lipinski definition) is 1. The summed E-state index contributed by atoms with van der Waals surface area (Å²) in [5.74, 6) is 0. The van der Waals surface area contributed by atoms with Gasteiger partial charge in [0.05, 0.1) is 17.6 Å². The SMILES string of the molecule is Cc1ccc(-c2cn3c(n2)c(=C2CCCCCN2)c(=O)n3-c2ccccc2)cc1. The molecule has 3 heterocycles. The smallest absolute Gasteiger partial charge is 0.283 e.